The molecule has 1 rings (SSSR count). The third-order valence-electron chi connectivity index (χ3n) is 0.607. The molecule has 0 amide bonds. The molecule has 0 saturated heterocycles. The molecule has 0 spiro atoms. The van der Waals surface area contributed by atoms with Gasteiger partial charge in [0, 0.05) is 31.9 Å². The largest absolute Gasteiger partial charge is 0.394 e. The van der Waals surface area contributed by atoms with Gasteiger partial charge >= 0.3 is 0 Å². The van der Waals surface area contributed by atoms with Gasteiger partial charge < -0.3 is 5.11 Å². The number of aliphatic hydroxyl groups is 1. The molecule has 1 aromatic carbocycles. The van der Waals surface area contributed by atoms with Crippen LogP contribution in [0.25, 0.3) is 0 Å². The van der Waals surface area contributed by atoms with Crippen LogP contribution in [0.5, 0.6) is 0 Å². The van der Waals surface area contributed by atoms with Crippen molar-refractivity contribution in [3.05, 3.63) is 36.4 Å². The minimum Gasteiger partial charge on any atom is -0.394 e. The fraction of sp³-hybridized carbons (Fsp3) is 0.333. The Balaban J connectivity index is 0. The zero-order chi connectivity index (χ0) is 7.82. The molecule has 0 aromatic heterocycles. The normalized spacial score (nSPS) is 7.64. The summed E-state index contributed by atoms with van der Waals surface area (Å²) in [6, 6.07) is 12.5. The summed E-state index contributed by atoms with van der Waals surface area (Å²) in [6.45, 7) is 3.44. The third kappa shape index (κ3) is 17.8. The summed E-state index contributed by atoms with van der Waals surface area (Å²) in [5.74, 6) is 0. The second-order valence-corrected chi connectivity index (χ2v) is 2.17. The van der Waals surface area contributed by atoms with Crippen LogP contribution in [-0.2, 0) is 25.8 Å². The van der Waals surface area contributed by atoms with Crippen LogP contribution in [0.3, 0.4) is 0 Å². The molecule has 0 saturated carbocycles. The predicted octanol–water partition coefficient (Wildman–Crippen LogP) is 1.87. The molecule has 11 heavy (non-hydrogen) atoms. The van der Waals surface area contributed by atoms with E-state index < -0.39 is 0 Å². The van der Waals surface area contributed by atoms with E-state index in [2.05, 4.69) is 6.07 Å². The number of rotatable bonds is 0. The first kappa shape index (κ1) is 13.6. The molecule has 0 aliphatic carbocycles. The Bertz CT molecular complexity index is 110. The fourth-order valence-corrected chi connectivity index (χ4v) is 0.342. The monoisotopic (exact) mass is 182 g/mol. The topological polar surface area (TPSA) is 20.2 Å². The summed E-state index contributed by atoms with van der Waals surface area (Å²) in [5, 5.41) is 8.06. The SMILES string of the molecule is CC(C)O.[Sc].[c-]1ccccc1. The van der Waals surface area contributed by atoms with Gasteiger partial charge in [-0.15, -0.1) is 0 Å². The quantitative estimate of drug-likeness (QED) is 0.607. The van der Waals surface area contributed by atoms with Crippen LogP contribution in [0.15, 0.2) is 30.3 Å². The van der Waals surface area contributed by atoms with Crippen molar-refractivity contribution < 1.29 is 30.9 Å². The molecule has 1 aromatic rings. The van der Waals surface area contributed by atoms with Crippen molar-refractivity contribution in [3.63, 3.8) is 0 Å². The fourth-order valence-electron chi connectivity index (χ4n) is 0.342. The number of benzene rings is 1. The Labute approximate surface area is 87.2 Å². The first-order valence-electron chi connectivity index (χ1n) is 3.32. The molecular formula is C9H13OSc-. The van der Waals surface area contributed by atoms with Crippen molar-refractivity contribution >= 4 is 0 Å². The van der Waals surface area contributed by atoms with E-state index >= 15 is 0 Å². The van der Waals surface area contributed by atoms with E-state index in [4.69, 9.17) is 5.11 Å². The van der Waals surface area contributed by atoms with E-state index in [-0.39, 0.29) is 31.9 Å². The van der Waals surface area contributed by atoms with E-state index in [1.807, 2.05) is 30.3 Å². The van der Waals surface area contributed by atoms with E-state index in [9.17, 15) is 0 Å². The second-order valence-electron chi connectivity index (χ2n) is 2.17. The average Bonchev–Trinajstić information content (AvgIpc) is 1.90. The second kappa shape index (κ2) is 10.1. The van der Waals surface area contributed by atoms with Gasteiger partial charge in [0.2, 0.25) is 0 Å². The van der Waals surface area contributed by atoms with Crippen LogP contribution in [0.2, 0.25) is 0 Å². The van der Waals surface area contributed by atoms with Crippen LogP contribution in [0, 0.1) is 6.07 Å². The van der Waals surface area contributed by atoms with Crippen molar-refractivity contribution in [2.24, 2.45) is 0 Å². The Hall–Kier alpha value is 0.0501. The van der Waals surface area contributed by atoms with Gasteiger partial charge in [-0.05, 0) is 13.8 Å². The summed E-state index contributed by atoms with van der Waals surface area (Å²) >= 11 is 0. The van der Waals surface area contributed by atoms with Gasteiger partial charge in [-0.2, -0.15) is 36.4 Å². The minimum atomic E-state index is -0.167. The van der Waals surface area contributed by atoms with Crippen LogP contribution >= 0.6 is 0 Å². The van der Waals surface area contributed by atoms with Crippen LogP contribution in [-0.4, -0.2) is 11.2 Å². The first-order chi connectivity index (χ1) is 4.73. The van der Waals surface area contributed by atoms with Crippen molar-refractivity contribution in [2.45, 2.75) is 20.0 Å². The molecule has 1 N–H and O–H groups in total. The first-order valence-corrected chi connectivity index (χ1v) is 3.32. The van der Waals surface area contributed by atoms with Crippen molar-refractivity contribution in [1.82, 2.24) is 0 Å². The Morgan fingerprint density at radius 1 is 1.09 bits per heavy atom. The van der Waals surface area contributed by atoms with Gasteiger partial charge in [0.05, 0.1) is 0 Å². The zero-order valence-corrected chi connectivity index (χ0v) is 8.79. The molecular weight excluding hydrogens is 169 g/mol. The van der Waals surface area contributed by atoms with E-state index in [0.29, 0.717) is 0 Å². The number of aliphatic hydroxyl groups excluding tert-OH is 1. The third-order valence-corrected chi connectivity index (χ3v) is 0.607. The average molecular weight is 182 g/mol. The predicted molar refractivity (Wildman–Crippen MR) is 42.6 cm³/mol. The van der Waals surface area contributed by atoms with Crippen LogP contribution in [0.1, 0.15) is 13.8 Å². The van der Waals surface area contributed by atoms with Gasteiger partial charge in [-0.1, -0.05) is 0 Å². The molecule has 0 heterocycles. The standard InChI is InChI=1S/C6H5.C3H8O.Sc/c1-2-4-6-5-3-1;1-3(2)4;/h1-5H;3-4H,1-2H3;/q-1;;. The number of hydrogen-bond donors (Lipinski definition) is 1. The molecule has 2 heteroatoms. The summed E-state index contributed by atoms with van der Waals surface area (Å²) in [5.41, 5.74) is 0. The molecule has 0 atom stereocenters. The molecule has 0 aliphatic rings. The molecule has 0 bridgehead atoms. The number of hydrogen-bond acceptors (Lipinski definition) is 1. The molecule has 0 unspecified atom stereocenters. The molecule has 0 fully saturated rings. The van der Waals surface area contributed by atoms with Crippen molar-refractivity contribution in [2.75, 3.05) is 0 Å². The summed E-state index contributed by atoms with van der Waals surface area (Å²) in [6.07, 6.45) is -0.167. The van der Waals surface area contributed by atoms with E-state index in [1.54, 1.807) is 13.8 Å². The summed E-state index contributed by atoms with van der Waals surface area (Å²) in [7, 11) is 0. The van der Waals surface area contributed by atoms with E-state index in [1.165, 1.54) is 0 Å². The Kier molecular flexibility index (Phi) is 12.5. The maximum atomic E-state index is 8.06. The summed E-state index contributed by atoms with van der Waals surface area (Å²) < 4.78 is 0. The Morgan fingerprint density at radius 3 is 1.55 bits per heavy atom. The molecule has 0 aliphatic heterocycles. The molecule has 1 nitrogen and oxygen atoms in total. The zero-order valence-electron chi connectivity index (χ0n) is 6.99. The molecule has 1 radical (unpaired) electrons. The minimum absolute atomic E-state index is 0. The van der Waals surface area contributed by atoms with Crippen molar-refractivity contribution in [1.29, 1.82) is 0 Å². The van der Waals surface area contributed by atoms with Gasteiger partial charge in [-0.25, -0.2) is 0 Å². The Morgan fingerprint density at radius 2 is 1.45 bits per heavy atom. The van der Waals surface area contributed by atoms with Gasteiger partial charge in [0.1, 0.15) is 0 Å². The van der Waals surface area contributed by atoms with Crippen LogP contribution < -0.4 is 0 Å². The summed E-state index contributed by atoms with van der Waals surface area (Å²) in [4.78, 5) is 0. The van der Waals surface area contributed by atoms with Gasteiger partial charge in [0.25, 0.3) is 0 Å². The van der Waals surface area contributed by atoms with E-state index in [0.717, 1.165) is 0 Å². The van der Waals surface area contributed by atoms with Gasteiger partial charge in [0.15, 0.2) is 0 Å². The van der Waals surface area contributed by atoms with Crippen molar-refractivity contribution in [3.8, 4) is 0 Å². The van der Waals surface area contributed by atoms with Crippen LogP contribution in [0.4, 0.5) is 0 Å². The molecule has 59 valence electrons. The van der Waals surface area contributed by atoms with Gasteiger partial charge in [-0.3, -0.25) is 0 Å². The smallest absolute Gasteiger partial charge is 0.0483 e. The maximum absolute atomic E-state index is 8.06. The maximum Gasteiger partial charge on any atom is 0.0483 e.